The van der Waals surface area contributed by atoms with Gasteiger partial charge in [0.2, 0.25) is 0 Å². The first-order valence-electron chi connectivity index (χ1n) is 5.31. The molecular formula is C10H17N3O2. The zero-order chi connectivity index (χ0) is 11.1. The third-order valence-corrected chi connectivity index (χ3v) is 3.34. The highest BCUT2D eigenvalue weighted by molar-refractivity contribution is 5.00. The molecule has 0 aliphatic carbocycles. The van der Waals surface area contributed by atoms with E-state index in [4.69, 9.17) is 15.0 Å². The topological polar surface area (TPSA) is 67.2 Å². The molecule has 0 amide bonds. The van der Waals surface area contributed by atoms with Crippen LogP contribution in [0, 0.1) is 11.3 Å². The van der Waals surface area contributed by atoms with Crippen LogP contribution >= 0.6 is 0 Å². The fourth-order valence-corrected chi connectivity index (χ4v) is 2.39. The van der Waals surface area contributed by atoms with Crippen LogP contribution in [-0.4, -0.2) is 31.5 Å². The maximum atomic E-state index is 8.42. The number of fused-ring (bicyclic) bond motifs is 1. The van der Waals surface area contributed by atoms with Crippen LogP contribution < -0.4 is 0 Å². The zero-order valence-electron chi connectivity index (χ0n) is 9.38. The maximum Gasteiger partial charge on any atom is 0.0947 e. The summed E-state index contributed by atoms with van der Waals surface area (Å²) in [5, 5.41) is 3.71. The first kappa shape index (κ1) is 10.7. The molecule has 0 aromatic carbocycles. The van der Waals surface area contributed by atoms with Gasteiger partial charge in [0.15, 0.2) is 0 Å². The van der Waals surface area contributed by atoms with Gasteiger partial charge in [-0.2, -0.15) is 0 Å². The van der Waals surface area contributed by atoms with Gasteiger partial charge in [0.05, 0.1) is 31.5 Å². The number of ether oxygens (including phenoxy) is 2. The Bertz CT molecular complexity index is 294. The molecule has 2 aliphatic heterocycles. The largest absolute Gasteiger partial charge is 0.375 e. The summed E-state index contributed by atoms with van der Waals surface area (Å²) in [7, 11) is 0. The fourth-order valence-electron chi connectivity index (χ4n) is 2.39. The van der Waals surface area contributed by atoms with Crippen molar-refractivity contribution in [3.8, 4) is 0 Å². The van der Waals surface area contributed by atoms with Crippen molar-refractivity contribution in [2.24, 2.45) is 16.4 Å². The molecule has 5 nitrogen and oxygen atoms in total. The highest BCUT2D eigenvalue weighted by Crippen LogP contribution is 2.41. The van der Waals surface area contributed by atoms with Crippen LogP contribution in [0.3, 0.4) is 0 Å². The summed E-state index contributed by atoms with van der Waals surface area (Å²) >= 11 is 0. The summed E-state index contributed by atoms with van der Waals surface area (Å²) in [5.74, 6) is 0.390. The van der Waals surface area contributed by atoms with Crippen molar-refractivity contribution >= 4 is 0 Å². The number of hydrogen-bond donors (Lipinski definition) is 0. The number of nitrogens with zero attached hydrogens (tertiary/aromatic N) is 3. The van der Waals surface area contributed by atoms with E-state index in [2.05, 4.69) is 30.8 Å². The van der Waals surface area contributed by atoms with E-state index in [0.29, 0.717) is 19.1 Å². The van der Waals surface area contributed by atoms with Gasteiger partial charge in [-0.15, -0.1) is 0 Å². The van der Waals surface area contributed by atoms with Crippen molar-refractivity contribution < 1.29 is 9.47 Å². The van der Waals surface area contributed by atoms with Crippen LogP contribution in [0.1, 0.15) is 20.8 Å². The smallest absolute Gasteiger partial charge is 0.0947 e. The molecule has 5 heteroatoms. The molecule has 0 aromatic rings. The number of azide groups is 1. The summed E-state index contributed by atoms with van der Waals surface area (Å²) in [6, 6.07) is -0.146. The molecule has 84 valence electrons. The molecule has 0 radical (unpaired) electrons. The maximum absolute atomic E-state index is 8.42. The van der Waals surface area contributed by atoms with Gasteiger partial charge in [-0.3, -0.25) is 0 Å². The van der Waals surface area contributed by atoms with E-state index < -0.39 is 0 Å². The van der Waals surface area contributed by atoms with E-state index in [1.165, 1.54) is 0 Å². The van der Waals surface area contributed by atoms with E-state index in [1.54, 1.807) is 0 Å². The summed E-state index contributed by atoms with van der Waals surface area (Å²) in [4.78, 5) is 2.83. The molecule has 0 bridgehead atoms. The van der Waals surface area contributed by atoms with Gasteiger partial charge in [0.25, 0.3) is 0 Å². The summed E-state index contributed by atoms with van der Waals surface area (Å²) < 4.78 is 11.4. The van der Waals surface area contributed by atoms with Gasteiger partial charge in [0, 0.05) is 10.8 Å². The lowest BCUT2D eigenvalue weighted by atomic mass is 9.78. The first-order valence-corrected chi connectivity index (χ1v) is 5.31. The molecule has 2 aliphatic rings. The van der Waals surface area contributed by atoms with Crippen LogP contribution in [-0.2, 0) is 9.47 Å². The Morgan fingerprint density at radius 1 is 1.20 bits per heavy atom. The minimum absolute atomic E-state index is 0.0369. The molecule has 4 atom stereocenters. The SMILES string of the molecule is CC(C)(C)[C@@H]1CO[C@H]2[C@@H]1OC[C@@H]2N=[N+]=[N-]. The Labute approximate surface area is 89.4 Å². The van der Waals surface area contributed by atoms with Crippen molar-refractivity contribution in [2.75, 3.05) is 13.2 Å². The molecule has 2 fully saturated rings. The molecule has 15 heavy (non-hydrogen) atoms. The van der Waals surface area contributed by atoms with Crippen LogP contribution in [0.4, 0.5) is 0 Å². The summed E-state index contributed by atoms with van der Waals surface area (Å²) in [5.41, 5.74) is 8.59. The van der Waals surface area contributed by atoms with Gasteiger partial charge >= 0.3 is 0 Å². The molecule has 2 saturated heterocycles. The van der Waals surface area contributed by atoms with Crippen molar-refractivity contribution in [1.82, 2.24) is 0 Å². The molecule has 2 heterocycles. The van der Waals surface area contributed by atoms with E-state index in [-0.39, 0.29) is 23.7 Å². The van der Waals surface area contributed by atoms with E-state index >= 15 is 0 Å². The lowest BCUT2D eigenvalue weighted by molar-refractivity contribution is 0.0344. The quantitative estimate of drug-likeness (QED) is 0.379. The van der Waals surface area contributed by atoms with E-state index in [1.807, 2.05) is 0 Å². The second-order valence-corrected chi connectivity index (χ2v) is 5.34. The third-order valence-electron chi connectivity index (χ3n) is 3.34. The second kappa shape index (κ2) is 3.67. The lowest BCUT2D eigenvalue weighted by Gasteiger charge is -2.29. The minimum atomic E-state index is -0.146. The molecule has 0 spiro atoms. The van der Waals surface area contributed by atoms with Crippen LogP contribution in [0.2, 0.25) is 0 Å². The van der Waals surface area contributed by atoms with Crippen molar-refractivity contribution in [2.45, 2.75) is 39.0 Å². The van der Waals surface area contributed by atoms with Crippen LogP contribution in [0.25, 0.3) is 10.4 Å². The van der Waals surface area contributed by atoms with E-state index in [9.17, 15) is 0 Å². The zero-order valence-corrected chi connectivity index (χ0v) is 9.38. The fraction of sp³-hybridized carbons (Fsp3) is 1.00. The number of hydrogen-bond acceptors (Lipinski definition) is 3. The van der Waals surface area contributed by atoms with Crippen molar-refractivity contribution in [3.05, 3.63) is 10.4 Å². The average molecular weight is 211 g/mol. The van der Waals surface area contributed by atoms with Crippen molar-refractivity contribution in [1.29, 1.82) is 0 Å². The van der Waals surface area contributed by atoms with Gasteiger partial charge in [-0.25, -0.2) is 0 Å². The summed E-state index contributed by atoms with van der Waals surface area (Å²) in [6.07, 6.45) is 0.0608. The molecule has 0 unspecified atom stereocenters. The Morgan fingerprint density at radius 3 is 2.47 bits per heavy atom. The molecule has 0 N–H and O–H groups in total. The molecular weight excluding hydrogens is 194 g/mol. The van der Waals surface area contributed by atoms with Gasteiger partial charge in [0.1, 0.15) is 0 Å². The van der Waals surface area contributed by atoms with Gasteiger partial charge in [-0.1, -0.05) is 25.9 Å². The Morgan fingerprint density at radius 2 is 1.87 bits per heavy atom. The predicted octanol–water partition coefficient (Wildman–Crippen LogP) is 2.13. The van der Waals surface area contributed by atoms with Gasteiger partial charge < -0.3 is 9.47 Å². The van der Waals surface area contributed by atoms with Crippen LogP contribution in [0.5, 0.6) is 0 Å². The first-order chi connectivity index (χ1) is 7.04. The van der Waals surface area contributed by atoms with Crippen LogP contribution in [0.15, 0.2) is 5.11 Å². The predicted molar refractivity (Wildman–Crippen MR) is 55.4 cm³/mol. The number of rotatable bonds is 1. The standard InChI is InChI=1S/C10H17N3O2/c1-10(2,3)6-4-14-9-7(12-13-11)5-15-8(6)9/h6-9H,4-5H2,1-3H3/t6-,7+,8-,9-/m1/s1. The Hall–Kier alpha value is -0.770. The molecule has 2 rings (SSSR count). The summed E-state index contributed by atoms with van der Waals surface area (Å²) in [6.45, 7) is 7.76. The normalized spacial score (nSPS) is 39.9. The highest BCUT2D eigenvalue weighted by Gasteiger charge is 2.50. The van der Waals surface area contributed by atoms with Gasteiger partial charge in [-0.05, 0) is 10.9 Å². The monoisotopic (exact) mass is 211 g/mol. The Kier molecular flexibility index (Phi) is 2.63. The molecule has 0 saturated carbocycles. The lowest BCUT2D eigenvalue weighted by Crippen LogP contribution is -2.34. The Balaban J connectivity index is 2.12. The second-order valence-electron chi connectivity index (χ2n) is 5.34. The minimum Gasteiger partial charge on any atom is -0.375 e. The highest BCUT2D eigenvalue weighted by atomic mass is 16.6. The van der Waals surface area contributed by atoms with Crippen molar-refractivity contribution in [3.63, 3.8) is 0 Å². The third kappa shape index (κ3) is 1.83. The molecule has 0 aromatic heterocycles. The average Bonchev–Trinajstić information content (AvgIpc) is 2.66. The van der Waals surface area contributed by atoms with E-state index in [0.717, 1.165) is 0 Å².